The maximum absolute atomic E-state index is 13.2. The first-order valence-electron chi connectivity index (χ1n) is 9.89. The molecule has 0 spiro atoms. The second-order valence-electron chi connectivity index (χ2n) is 6.83. The van der Waals surface area contributed by atoms with Crippen LogP contribution in [0.2, 0.25) is 10.0 Å². The molecule has 4 nitrogen and oxygen atoms in total. The van der Waals surface area contributed by atoms with Crippen LogP contribution in [0.15, 0.2) is 41.3 Å². The summed E-state index contributed by atoms with van der Waals surface area (Å²) in [5.41, 5.74) is 1.82. The molecule has 31 heavy (non-hydrogen) atoms. The van der Waals surface area contributed by atoms with Gasteiger partial charge in [-0.05, 0) is 62.0 Å². The summed E-state index contributed by atoms with van der Waals surface area (Å²) in [6.45, 7) is 9.55. The van der Waals surface area contributed by atoms with E-state index in [4.69, 9.17) is 28.2 Å². The second-order valence-corrected chi connectivity index (χ2v) is 9.73. The Morgan fingerprint density at radius 2 is 1.74 bits per heavy atom. The zero-order valence-electron chi connectivity index (χ0n) is 17.7. The molecule has 0 unspecified atom stereocenters. The normalized spacial score (nSPS) is 11.0. The van der Waals surface area contributed by atoms with Crippen LogP contribution >= 0.6 is 58.7 Å². The Labute approximate surface area is 208 Å². The number of aryl methyl sites for hydroxylation is 1. The van der Waals surface area contributed by atoms with Crippen LogP contribution in [0, 0.1) is 6.92 Å². The van der Waals surface area contributed by atoms with Gasteiger partial charge in [0.2, 0.25) is 5.91 Å². The van der Waals surface area contributed by atoms with Crippen molar-refractivity contribution in [2.75, 3.05) is 36.8 Å². The Bertz CT molecular complexity index is 1010. The van der Waals surface area contributed by atoms with E-state index in [-0.39, 0.29) is 18.3 Å². The highest BCUT2D eigenvalue weighted by Crippen LogP contribution is 2.34. The Hall–Kier alpha value is -1.02. The van der Waals surface area contributed by atoms with Gasteiger partial charge in [0.15, 0.2) is 5.13 Å². The van der Waals surface area contributed by atoms with Gasteiger partial charge >= 0.3 is 0 Å². The number of thiazole rings is 1. The molecular weight excluding hydrogens is 493 g/mol. The number of fused-ring (bicyclic) bond motifs is 1. The van der Waals surface area contributed by atoms with E-state index >= 15 is 0 Å². The van der Waals surface area contributed by atoms with Crippen molar-refractivity contribution in [3.8, 4) is 0 Å². The molecule has 1 aromatic heterocycles. The molecular formula is C22H26Cl3N3OS2. The Kier molecular flexibility index (Phi) is 10.4. The molecule has 0 fully saturated rings. The molecule has 9 heteroatoms. The molecule has 0 saturated carbocycles. The van der Waals surface area contributed by atoms with Crippen LogP contribution in [-0.4, -0.2) is 47.7 Å². The summed E-state index contributed by atoms with van der Waals surface area (Å²) in [4.78, 5) is 23.1. The Balaban J connectivity index is 0.00000341. The lowest BCUT2D eigenvalue weighted by atomic mass is 10.2. The van der Waals surface area contributed by atoms with Crippen LogP contribution in [0.25, 0.3) is 10.2 Å². The molecule has 0 aliphatic heterocycles. The van der Waals surface area contributed by atoms with Gasteiger partial charge in [-0.3, -0.25) is 9.69 Å². The van der Waals surface area contributed by atoms with Gasteiger partial charge in [0.05, 0.1) is 16.0 Å². The van der Waals surface area contributed by atoms with Crippen LogP contribution in [0.4, 0.5) is 5.13 Å². The minimum Gasteiger partial charge on any atom is -0.302 e. The number of nitrogens with zero attached hydrogens (tertiary/aromatic N) is 3. The molecule has 1 heterocycles. The largest absolute Gasteiger partial charge is 0.302 e. The number of carbonyl (C=O) groups is 1. The van der Waals surface area contributed by atoms with E-state index in [0.717, 1.165) is 45.4 Å². The standard InChI is InChI=1S/C22H25Cl2N3OS2.ClH/c1-4-26(5-2)12-13-27(20(28)14-29-17-8-6-16(23)7-9-17)22-25-21-15(3)18(24)10-11-19(21)30-22;/h6-11H,4-5,12-14H2,1-3H3;1H. The minimum absolute atomic E-state index is 0. The topological polar surface area (TPSA) is 36.4 Å². The molecule has 0 radical (unpaired) electrons. The minimum atomic E-state index is 0. The van der Waals surface area contributed by atoms with Crippen molar-refractivity contribution in [3.05, 3.63) is 52.0 Å². The SMILES string of the molecule is CCN(CC)CCN(C(=O)CSc1ccc(Cl)cc1)c1nc2c(C)c(Cl)ccc2s1.Cl. The number of thioether (sulfide) groups is 1. The number of likely N-dealkylation sites (N-methyl/N-ethyl adjacent to an activating group) is 1. The molecule has 3 rings (SSSR count). The van der Waals surface area contributed by atoms with Crippen molar-refractivity contribution >= 4 is 80.0 Å². The fraction of sp³-hybridized carbons (Fsp3) is 0.364. The predicted molar refractivity (Wildman–Crippen MR) is 139 cm³/mol. The smallest absolute Gasteiger partial charge is 0.239 e. The molecule has 0 aliphatic carbocycles. The average Bonchev–Trinajstić information content (AvgIpc) is 3.18. The summed E-state index contributed by atoms with van der Waals surface area (Å²) in [6.07, 6.45) is 0. The molecule has 1 amide bonds. The molecule has 0 N–H and O–H groups in total. The summed E-state index contributed by atoms with van der Waals surface area (Å²) in [6, 6.07) is 11.4. The molecule has 0 saturated heterocycles. The maximum Gasteiger partial charge on any atom is 0.239 e. The summed E-state index contributed by atoms with van der Waals surface area (Å²) < 4.78 is 1.04. The van der Waals surface area contributed by atoms with E-state index in [9.17, 15) is 4.79 Å². The van der Waals surface area contributed by atoms with Crippen LogP contribution in [0.3, 0.4) is 0 Å². The molecule has 0 aliphatic rings. The summed E-state index contributed by atoms with van der Waals surface area (Å²) >= 11 is 15.3. The number of anilines is 1. The van der Waals surface area contributed by atoms with Crippen LogP contribution in [-0.2, 0) is 4.79 Å². The molecule has 0 atom stereocenters. The fourth-order valence-corrected chi connectivity index (χ4v) is 5.19. The summed E-state index contributed by atoms with van der Waals surface area (Å²) in [7, 11) is 0. The van der Waals surface area contributed by atoms with Crippen molar-refractivity contribution in [2.24, 2.45) is 0 Å². The highest BCUT2D eigenvalue weighted by Gasteiger charge is 2.21. The van der Waals surface area contributed by atoms with E-state index < -0.39 is 0 Å². The number of benzene rings is 2. The first-order chi connectivity index (χ1) is 14.4. The quantitative estimate of drug-likeness (QED) is 0.292. The highest BCUT2D eigenvalue weighted by molar-refractivity contribution is 8.00. The van der Waals surface area contributed by atoms with E-state index in [0.29, 0.717) is 22.3 Å². The van der Waals surface area contributed by atoms with Gasteiger partial charge in [-0.15, -0.1) is 24.2 Å². The van der Waals surface area contributed by atoms with Crippen molar-refractivity contribution in [3.63, 3.8) is 0 Å². The van der Waals surface area contributed by atoms with E-state index in [2.05, 4.69) is 18.7 Å². The van der Waals surface area contributed by atoms with Crippen molar-refractivity contribution in [1.29, 1.82) is 0 Å². The molecule has 2 aromatic carbocycles. The van der Waals surface area contributed by atoms with Crippen LogP contribution in [0.5, 0.6) is 0 Å². The van der Waals surface area contributed by atoms with Gasteiger partial charge < -0.3 is 4.90 Å². The lowest BCUT2D eigenvalue weighted by molar-refractivity contribution is -0.116. The monoisotopic (exact) mass is 517 g/mol. The molecule has 0 bridgehead atoms. The number of hydrogen-bond donors (Lipinski definition) is 0. The van der Waals surface area contributed by atoms with Crippen molar-refractivity contribution < 1.29 is 4.79 Å². The number of aromatic nitrogens is 1. The zero-order valence-corrected chi connectivity index (χ0v) is 21.7. The number of carbonyl (C=O) groups excluding carboxylic acids is 1. The average molecular weight is 519 g/mol. The number of halogens is 3. The van der Waals surface area contributed by atoms with Gasteiger partial charge in [0, 0.05) is 28.0 Å². The third-order valence-corrected chi connectivity index (χ3v) is 7.68. The van der Waals surface area contributed by atoms with Gasteiger partial charge in [0.25, 0.3) is 0 Å². The van der Waals surface area contributed by atoms with Gasteiger partial charge in [0.1, 0.15) is 0 Å². The van der Waals surface area contributed by atoms with E-state index in [1.807, 2.05) is 48.2 Å². The van der Waals surface area contributed by atoms with Crippen molar-refractivity contribution in [1.82, 2.24) is 9.88 Å². The number of amides is 1. The molecule has 3 aromatic rings. The molecule has 168 valence electrons. The van der Waals surface area contributed by atoms with Gasteiger partial charge in [-0.2, -0.15) is 0 Å². The highest BCUT2D eigenvalue weighted by atomic mass is 35.5. The zero-order chi connectivity index (χ0) is 21.7. The van der Waals surface area contributed by atoms with E-state index in [1.165, 1.54) is 23.1 Å². The van der Waals surface area contributed by atoms with Crippen LogP contribution in [0.1, 0.15) is 19.4 Å². The Morgan fingerprint density at radius 1 is 1.06 bits per heavy atom. The van der Waals surface area contributed by atoms with Gasteiger partial charge in [-0.25, -0.2) is 4.98 Å². The third-order valence-electron chi connectivity index (χ3n) is 4.98. The lowest BCUT2D eigenvalue weighted by Gasteiger charge is -2.24. The van der Waals surface area contributed by atoms with Gasteiger partial charge in [-0.1, -0.05) is 48.4 Å². The van der Waals surface area contributed by atoms with Crippen molar-refractivity contribution in [2.45, 2.75) is 25.7 Å². The second kappa shape index (κ2) is 12.3. The summed E-state index contributed by atoms with van der Waals surface area (Å²) in [5, 5.41) is 2.11. The Morgan fingerprint density at radius 3 is 2.39 bits per heavy atom. The first kappa shape index (κ1) is 26.2. The van der Waals surface area contributed by atoms with E-state index in [1.54, 1.807) is 0 Å². The fourth-order valence-electron chi connectivity index (χ4n) is 3.07. The number of hydrogen-bond acceptors (Lipinski definition) is 5. The maximum atomic E-state index is 13.2. The lowest BCUT2D eigenvalue weighted by Crippen LogP contribution is -2.39. The van der Waals surface area contributed by atoms with Crippen LogP contribution < -0.4 is 4.90 Å². The first-order valence-corrected chi connectivity index (χ1v) is 12.5. The third kappa shape index (κ3) is 6.73. The summed E-state index contributed by atoms with van der Waals surface area (Å²) in [5.74, 6) is 0.389. The predicted octanol–water partition coefficient (Wildman–Crippen LogP) is 6.80. The number of rotatable bonds is 9.